The summed E-state index contributed by atoms with van der Waals surface area (Å²) in [5.41, 5.74) is 3.03. The van der Waals surface area contributed by atoms with Gasteiger partial charge in [-0.15, -0.1) is 0 Å². The Balaban J connectivity index is 1.69. The smallest absolute Gasteiger partial charge is 0.162 e. The first kappa shape index (κ1) is 14.8. The van der Waals surface area contributed by atoms with E-state index in [0.717, 1.165) is 19.2 Å². The zero-order valence-corrected chi connectivity index (χ0v) is 11.9. The number of hydrogen-bond donors (Lipinski definition) is 2. The Bertz CT molecular complexity index is 500. The van der Waals surface area contributed by atoms with Crippen molar-refractivity contribution >= 4 is 0 Å². The second-order valence-corrected chi connectivity index (χ2v) is 5.85. The van der Waals surface area contributed by atoms with E-state index in [1.807, 2.05) is 0 Å². The maximum Gasteiger partial charge on any atom is 0.162 e. The molecule has 2 aliphatic heterocycles. The van der Waals surface area contributed by atoms with Gasteiger partial charge in [-0.3, -0.25) is 16.2 Å². The molecule has 3 atom stereocenters. The molecule has 21 heavy (non-hydrogen) atoms. The zero-order valence-electron chi connectivity index (χ0n) is 11.9. The van der Waals surface area contributed by atoms with Crippen LogP contribution in [-0.2, 0) is 11.2 Å². The third-order valence-electron chi connectivity index (χ3n) is 4.55. The van der Waals surface area contributed by atoms with Gasteiger partial charge < -0.3 is 4.74 Å². The first-order valence-electron chi connectivity index (χ1n) is 7.43. The Morgan fingerprint density at radius 3 is 3.10 bits per heavy atom. The fourth-order valence-corrected chi connectivity index (χ4v) is 3.33. The van der Waals surface area contributed by atoms with E-state index in [1.54, 1.807) is 6.07 Å². The van der Waals surface area contributed by atoms with Crippen molar-refractivity contribution in [1.29, 1.82) is 0 Å². The highest BCUT2D eigenvalue weighted by Crippen LogP contribution is 2.25. The topological polar surface area (TPSA) is 50.5 Å². The summed E-state index contributed by atoms with van der Waals surface area (Å²) in [4.78, 5) is 2.40. The summed E-state index contributed by atoms with van der Waals surface area (Å²) in [6, 6.07) is 4.49. The highest BCUT2D eigenvalue weighted by atomic mass is 19.2. The molecule has 116 valence electrons. The Labute approximate surface area is 123 Å². The second-order valence-electron chi connectivity index (χ2n) is 5.85. The fourth-order valence-electron chi connectivity index (χ4n) is 3.33. The van der Waals surface area contributed by atoms with Gasteiger partial charge in [0.1, 0.15) is 0 Å². The number of hydrogen-bond acceptors (Lipinski definition) is 4. The van der Waals surface area contributed by atoms with E-state index in [9.17, 15) is 8.78 Å². The number of nitrogens with one attached hydrogen (secondary N) is 1. The Kier molecular flexibility index (Phi) is 4.49. The number of fused-ring (bicyclic) bond motifs is 1. The number of benzene rings is 1. The molecule has 2 aliphatic rings. The van der Waals surface area contributed by atoms with Crippen LogP contribution in [0.4, 0.5) is 8.78 Å². The summed E-state index contributed by atoms with van der Waals surface area (Å²) in [6.07, 6.45) is 2.57. The molecule has 1 aromatic carbocycles. The number of morpholine rings is 1. The van der Waals surface area contributed by atoms with Crippen LogP contribution in [0.25, 0.3) is 0 Å². The van der Waals surface area contributed by atoms with Gasteiger partial charge in [0.25, 0.3) is 0 Å². The van der Waals surface area contributed by atoms with Gasteiger partial charge in [-0.2, -0.15) is 0 Å². The maximum absolute atomic E-state index is 13.8. The summed E-state index contributed by atoms with van der Waals surface area (Å²) in [5, 5.41) is 0. The lowest BCUT2D eigenvalue weighted by Crippen LogP contribution is -2.56. The van der Waals surface area contributed by atoms with Crippen molar-refractivity contribution in [2.24, 2.45) is 5.84 Å². The molecule has 1 aromatic rings. The van der Waals surface area contributed by atoms with Crippen LogP contribution in [0.3, 0.4) is 0 Å². The zero-order chi connectivity index (χ0) is 14.8. The molecule has 4 nitrogen and oxygen atoms in total. The van der Waals surface area contributed by atoms with E-state index in [2.05, 4.69) is 10.3 Å². The second kappa shape index (κ2) is 6.36. The number of ether oxygens (including phenoxy) is 1. The fraction of sp³-hybridized carbons (Fsp3) is 0.600. The van der Waals surface area contributed by atoms with Crippen LogP contribution in [0, 0.1) is 11.6 Å². The number of nitrogens with two attached hydrogens (primary N) is 1. The molecule has 0 saturated carbocycles. The molecular weight excluding hydrogens is 276 g/mol. The van der Waals surface area contributed by atoms with Gasteiger partial charge in [0.05, 0.1) is 18.8 Å². The van der Waals surface area contributed by atoms with Crippen molar-refractivity contribution in [3.05, 3.63) is 35.4 Å². The van der Waals surface area contributed by atoms with Crippen molar-refractivity contribution in [2.45, 2.75) is 37.5 Å². The maximum atomic E-state index is 13.8. The molecule has 2 fully saturated rings. The molecule has 0 bridgehead atoms. The van der Waals surface area contributed by atoms with E-state index in [0.29, 0.717) is 24.6 Å². The standard InChI is InChI=1S/C15H21F2N3O/c16-12-5-1-3-10(15(12)17)7-13(19-18)14-8-20-6-2-4-11(20)9-21-14/h1,3,5,11,13-14,19H,2,4,6-9,18H2. The highest BCUT2D eigenvalue weighted by molar-refractivity contribution is 5.20. The summed E-state index contributed by atoms with van der Waals surface area (Å²) >= 11 is 0. The van der Waals surface area contributed by atoms with Crippen molar-refractivity contribution in [3.63, 3.8) is 0 Å². The van der Waals surface area contributed by atoms with Crippen LogP contribution in [0.5, 0.6) is 0 Å². The van der Waals surface area contributed by atoms with Crippen LogP contribution in [0.2, 0.25) is 0 Å². The minimum atomic E-state index is -0.826. The third kappa shape index (κ3) is 3.08. The minimum Gasteiger partial charge on any atom is -0.374 e. The predicted octanol–water partition coefficient (Wildman–Crippen LogP) is 1.20. The van der Waals surface area contributed by atoms with Gasteiger partial charge in [0.2, 0.25) is 0 Å². The van der Waals surface area contributed by atoms with Crippen molar-refractivity contribution < 1.29 is 13.5 Å². The van der Waals surface area contributed by atoms with E-state index in [1.165, 1.54) is 18.9 Å². The van der Waals surface area contributed by atoms with Gasteiger partial charge >= 0.3 is 0 Å². The summed E-state index contributed by atoms with van der Waals surface area (Å²) in [7, 11) is 0. The molecule has 3 rings (SSSR count). The lowest BCUT2D eigenvalue weighted by molar-refractivity contribution is -0.0645. The Morgan fingerprint density at radius 2 is 2.29 bits per heavy atom. The Morgan fingerprint density at radius 1 is 1.43 bits per heavy atom. The van der Waals surface area contributed by atoms with Crippen molar-refractivity contribution in [3.8, 4) is 0 Å². The van der Waals surface area contributed by atoms with Gasteiger partial charge in [-0.25, -0.2) is 8.78 Å². The van der Waals surface area contributed by atoms with Crippen molar-refractivity contribution in [2.75, 3.05) is 19.7 Å². The van der Waals surface area contributed by atoms with Crippen LogP contribution in [-0.4, -0.2) is 42.8 Å². The number of nitrogens with zero attached hydrogens (tertiary/aromatic N) is 1. The minimum absolute atomic E-state index is 0.105. The van der Waals surface area contributed by atoms with E-state index in [4.69, 9.17) is 10.6 Å². The van der Waals surface area contributed by atoms with Crippen LogP contribution in [0.1, 0.15) is 18.4 Å². The molecule has 2 saturated heterocycles. The monoisotopic (exact) mass is 297 g/mol. The molecule has 0 amide bonds. The SMILES string of the molecule is NNC(Cc1cccc(F)c1F)C1CN2CCCC2CO1. The molecule has 0 aliphatic carbocycles. The van der Waals surface area contributed by atoms with Crippen LogP contribution < -0.4 is 11.3 Å². The molecule has 2 heterocycles. The molecule has 0 aromatic heterocycles. The third-order valence-corrected chi connectivity index (χ3v) is 4.55. The lowest BCUT2D eigenvalue weighted by Gasteiger charge is -2.38. The number of hydrazine groups is 1. The van der Waals surface area contributed by atoms with E-state index >= 15 is 0 Å². The summed E-state index contributed by atoms with van der Waals surface area (Å²) in [5.74, 6) is 3.99. The molecule has 6 heteroatoms. The molecule has 0 radical (unpaired) electrons. The van der Waals surface area contributed by atoms with Gasteiger partial charge in [0, 0.05) is 12.6 Å². The van der Waals surface area contributed by atoms with Gasteiger partial charge in [-0.05, 0) is 37.4 Å². The largest absolute Gasteiger partial charge is 0.374 e. The average Bonchev–Trinajstić information content (AvgIpc) is 2.96. The molecule has 3 N–H and O–H groups in total. The first-order chi connectivity index (χ1) is 10.2. The van der Waals surface area contributed by atoms with E-state index in [-0.39, 0.29) is 12.1 Å². The lowest BCUT2D eigenvalue weighted by atomic mass is 9.99. The normalized spacial score (nSPS) is 27.6. The van der Waals surface area contributed by atoms with Crippen molar-refractivity contribution in [1.82, 2.24) is 10.3 Å². The first-order valence-corrected chi connectivity index (χ1v) is 7.43. The van der Waals surface area contributed by atoms with E-state index < -0.39 is 11.6 Å². The molecular formula is C15H21F2N3O. The molecule has 3 unspecified atom stereocenters. The summed E-state index contributed by atoms with van der Waals surface area (Å²) in [6.45, 7) is 2.56. The predicted molar refractivity (Wildman–Crippen MR) is 75.5 cm³/mol. The number of rotatable bonds is 4. The van der Waals surface area contributed by atoms with Crippen LogP contribution in [0.15, 0.2) is 18.2 Å². The van der Waals surface area contributed by atoms with Gasteiger partial charge in [-0.1, -0.05) is 12.1 Å². The quantitative estimate of drug-likeness (QED) is 0.648. The van der Waals surface area contributed by atoms with Crippen LogP contribution >= 0.6 is 0 Å². The molecule has 0 spiro atoms. The highest BCUT2D eigenvalue weighted by Gasteiger charge is 2.35. The Hall–Kier alpha value is -1.08. The van der Waals surface area contributed by atoms with Gasteiger partial charge in [0.15, 0.2) is 11.6 Å². The summed E-state index contributed by atoms with van der Waals surface area (Å²) < 4.78 is 33.0. The number of halogens is 2. The average molecular weight is 297 g/mol.